The van der Waals surface area contributed by atoms with E-state index in [9.17, 15) is 19.2 Å². The smallest absolute Gasteiger partial charge is 0.331 e. The first-order valence-corrected chi connectivity index (χ1v) is 6.10. The number of carbonyl (C=O) groups excluding carboxylic acids is 3. The number of ether oxygens (including phenoxy) is 1. The molecular formula is C13H15NO6. The highest BCUT2D eigenvalue weighted by molar-refractivity contribution is 6.16. The van der Waals surface area contributed by atoms with Crippen LogP contribution in [0.25, 0.3) is 0 Å². The van der Waals surface area contributed by atoms with E-state index < -0.39 is 17.8 Å². The Labute approximate surface area is 115 Å². The lowest BCUT2D eigenvalue weighted by Gasteiger charge is -2.14. The minimum absolute atomic E-state index is 0.0476. The van der Waals surface area contributed by atoms with E-state index in [1.807, 2.05) is 6.92 Å². The molecule has 108 valence electrons. The zero-order valence-electron chi connectivity index (χ0n) is 11.0. The fraction of sp³-hybridized carbons (Fsp3) is 0.385. The molecule has 1 N–H and O–H groups in total. The number of esters is 1. The normalized spacial score (nSPS) is 14.8. The number of imide groups is 1. The summed E-state index contributed by atoms with van der Waals surface area (Å²) in [4.78, 5) is 45.6. The lowest BCUT2D eigenvalue weighted by molar-refractivity contribution is -0.144. The molecule has 0 aliphatic carbocycles. The average Bonchev–Trinajstić information content (AvgIpc) is 2.64. The molecule has 0 fully saturated rings. The Morgan fingerprint density at radius 1 is 1.35 bits per heavy atom. The SMILES string of the molecule is CCCC1=CC(=O)N(CCOC(=O)/C=C\C(=O)O)C1=O. The van der Waals surface area contributed by atoms with Crippen LogP contribution in [0.2, 0.25) is 0 Å². The number of rotatable bonds is 7. The molecular weight excluding hydrogens is 266 g/mol. The topological polar surface area (TPSA) is 101 Å². The number of carboxylic acid groups (broad SMARTS) is 1. The van der Waals surface area contributed by atoms with Gasteiger partial charge in [0.15, 0.2) is 0 Å². The summed E-state index contributed by atoms with van der Waals surface area (Å²) >= 11 is 0. The zero-order valence-corrected chi connectivity index (χ0v) is 11.0. The van der Waals surface area contributed by atoms with Crippen molar-refractivity contribution in [2.24, 2.45) is 0 Å². The molecule has 1 aliphatic rings. The van der Waals surface area contributed by atoms with Crippen molar-refractivity contribution in [2.75, 3.05) is 13.2 Å². The molecule has 0 aromatic heterocycles. The Hall–Kier alpha value is -2.44. The van der Waals surface area contributed by atoms with Gasteiger partial charge in [0.1, 0.15) is 6.61 Å². The Bertz CT molecular complexity index is 491. The van der Waals surface area contributed by atoms with Crippen molar-refractivity contribution < 1.29 is 29.0 Å². The lowest BCUT2D eigenvalue weighted by Crippen LogP contribution is -2.34. The second-order valence-electron chi connectivity index (χ2n) is 4.05. The molecule has 0 radical (unpaired) electrons. The van der Waals surface area contributed by atoms with Crippen LogP contribution in [0.4, 0.5) is 0 Å². The summed E-state index contributed by atoms with van der Waals surface area (Å²) in [5.74, 6) is -2.89. The summed E-state index contributed by atoms with van der Waals surface area (Å²) in [5, 5.41) is 8.31. The second kappa shape index (κ2) is 7.22. The molecule has 0 atom stereocenters. The van der Waals surface area contributed by atoms with Crippen molar-refractivity contribution in [3.05, 3.63) is 23.8 Å². The molecule has 1 heterocycles. The fourth-order valence-corrected chi connectivity index (χ4v) is 1.65. The highest BCUT2D eigenvalue weighted by Crippen LogP contribution is 2.16. The zero-order chi connectivity index (χ0) is 15.1. The largest absolute Gasteiger partial charge is 0.478 e. The quantitative estimate of drug-likeness (QED) is 0.408. The van der Waals surface area contributed by atoms with E-state index in [1.165, 1.54) is 6.08 Å². The van der Waals surface area contributed by atoms with Gasteiger partial charge in [-0.25, -0.2) is 9.59 Å². The van der Waals surface area contributed by atoms with Crippen molar-refractivity contribution in [3.8, 4) is 0 Å². The van der Waals surface area contributed by atoms with Crippen LogP contribution in [-0.2, 0) is 23.9 Å². The first-order chi connectivity index (χ1) is 9.45. The highest BCUT2D eigenvalue weighted by Gasteiger charge is 2.29. The summed E-state index contributed by atoms with van der Waals surface area (Å²) < 4.78 is 4.69. The van der Waals surface area contributed by atoms with Crippen LogP contribution in [0.5, 0.6) is 0 Å². The summed E-state index contributed by atoms with van der Waals surface area (Å²) in [6.45, 7) is 1.68. The van der Waals surface area contributed by atoms with Crippen molar-refractivity contribution >= 4 is 23.8 Å². The molecule has 0 aromatic rings. The number of hydrogen-bond donors (Lipinski definition) is 1. The molecule has 7 heteroatoms. The lowest BCUT2D eigenvalue weighted by atomic mass is 10.1. The average molecular weight is 281 g/mol. The van der Waals surface area contributed by atoms with Crippen LogP contribution in [0.3, 0.4) is 0 Å². The number of hydrogen-bond acceptors (Lipinski definition) is 5. The molecule has 0 saturated heterocycles. The molecule has 1 rings (SSSR count). The molecule has 0 bridgehead atoms. The standard InChI is InChI=1S/C13H15NO6/c1-2-3-9-8-10(15)14(13(9)19)6-7-20-12(18)5-4-11(16)17/h4-5,8H,2-3,6-7H2,1H3,(H,16,17)/b5-4-. The van der Waals surface area contributed by atoms with E-state index >= 15 is 0 Å². The molecule has 7 nitrogen and oxygen atoms in total. The summed E-state index contributed by atoms with van der Waals surface area (Å²) in [7, 11) is 0. The third-order valence-corrected chi connectivity index (χ3v) is 2.52. The second-order valence-corrected chi connectivity index (χ2v) is 4.05. The van der Waals surface area contributed by atoms with Crippen LogP contribution < -0.4 is 0 Å². The van der Waals surface area contributed by atoms with Gasteiger partial charge >= 0.3 is 11.9 Å². The Kier molecular flexibility index (Phi) is 5.64. The first-order valence-electron chi connectivity index (χ1n) is 6.10. The van der Waals surface area contributed by atoms with E-state index in [-0.39, 0.29) is 19.1 Å². The maximum Gasteiger partial charge on any atom is 0.331 e. The Morgan fingerprint density at radius 3 is 2.65 bits per heavy atom. The Balaban J connectivity index is 2.40. The van der Waals surface area contributed by atoms with Gasteiger partial charge in [-0.05, 0) is 6.42 Å². The molecule has 0 spiro atoms. The molecule has 1 aliphatic heterocycles. The van der Waals surface area contributed by atoms with Gasteiger partial charge in [-0.1, -0.05) is 13.3 Å². The van der Waals surface area contributed by atoms with Crippen molar-refractivity contribution in [1.29, 1.82) is 0 Å². The molecule has 2 amide bonds. The summed E-state index contributed by atoms with van der Waals surface area (Å²) in [5.41, 5.74) is 0.453. The first kappa shape index (κ1) is 15.6. The van der Waals surface area contributed by atoms with Crippen LogP contribution in [-0.4, -0.2) is 46.9 Å². The number of amides is 2. The van der Waals surface area contributed by atoms with E-state index in [0.29, 0.717) is 18.1 Å². The predicted molar refractivity (Wildman–Crippen MR) is 67.4 cm³/mol. The van der Waals surface area contributed by atoms with Gasteiger partial charge in [0.25, 0.3) is 11.8 Å². The van der Waals surface area contributed by atoms with E-state index in [1.54, 1.807) is 0 Å². The highest BCUT2D eigenvalue weighted by atomic mass is 16.5. The van der Waals surface area contributed by atoms with Crippen LogP contribution in [0, 0.1) is 0 Å². The maximum atomic E-state index is 11.8. The van der Waals surface area contributed by atoms with Crippen molar-refractivity contribution in [1.82, 2.24) is 4.90 Å². The number of carboxylic acids is 1. The number of aliphatic carboxylic acids is 1. The van der Waals surface area contributed by atoms with Gasteiger partial charge in [-0.15, -0.1) is 0 Å². The Morgan fingerprint density at radius 2 is 2.05 bits per heavy atom. The maximum absolute atomic E-state index is 11.8. The third kappa shape index (κ3) is 4.34. The van der Waals surface area contributed by atoms with Crippen LogP contribution in [0.15, 0.2) is 23.8 Å². The van der Waals surface area contributed by atoms with Gasteiger partial charge < -0.3 is 9.84 Å². The molecule has 0 aromatic carbocycles. The monoisotopic (exact) mass is 281 g/mol. The fourth-order valence-electron chi connectivity index (χ4n) is 1.65. The summed E-state index contributed by atoms with van der Waals surface area (Å²) in [6, 6.07) is 0. The van der Waals surface area contributed by atoms with Crippen molar-refractivity contribution in [2.45, 2.75) is 19.8 Å². The van der Waals surface area contributed by atoms with Crippen LogP contribution in [0.1, 0.15) is 19.8 Å². The minimum Gasteiger partial charge on any atom is -0.478 e. The van der Waals surface area contributed by atoms with E-state index in [2.05, 4.69) is 4.74 Å². The van der Waals surface area contributed by atoms with Gasteiger partial charge in [-0.2, -0.15) is 0 Å². The van der Waals surface area contributed by atoms with Gasteiger partial charge in [0, 0.05) is 23.8 Å². The van der Waals surface area contributed by atoms with E-state index in [4.69, 9.17) is 5.11 Å². The molecule has 20 heavy (non-hydrogen) atoms. The molecule has 0 unspecified atom stereocenters. The van der Waals surface area contributed by atoms with Gasteiger partial charge in [0.05, 0.1) is 6.54 Å². The number of nitrogens with zero attached hydrogens (tertiary/aromatic N) is 1. The molecule has 0 saturated carbocycles. The van der Waals surface area contributed by atoms with Gasteiger partial charge in [-0.3, -0.25) is 14.5 Å². The summed E-state index contributed by atoms with van der Waals surface area (Å²) in [6.07, 6.45) is 3.99. The van der Waals surface area contributed by atoms with Gasteiger partial charge in [0.2, 0.25) is 0 Å². The van der Waals surface area contributed by atoms with E-state index in [0.717, 1.165) is 17.4 Å². The van der Waals surface area contributed by atoms with Crippen molar-refractivity contribution in [3.63, 3.8) is 0 Å². The third-order valence-electron chi connectivity index (χ3n) is 2.52. The predicted octanol–water partition coefficient (Wildman–Crippen LogP) is 0.266. The number of carbonyl (C=O) groups is 4. The van der Waals surface area contributed by atoms with Crippen LogP contribution >= 0.6 is 0 Å². The minimum atomic E-state index is -1.26.